The number of nitrogens with two attached hydrogens (primary N) is 1. The van der Waals surface area contributed by atoms with Crippen LogP contribution in [0.1, 0.15) is 25.3 Å². The van der Waals surface area contributed by atoms with E-state index in [1.807, 2.05) is 13.0 Å². The van der Waals surface area contributed by atoms with Crippen LogP contribution in [-0.2, 0) is 9.59 Å². The van der Waals surface area contributed by atoms with Gasteiger partial charge in [0.15, 0.2) is 0 Å². The first-order valence-corrected chi connectivity index (χ1v) is 6.43. The number of hydrogen-bond acceptors (Lipinski definition) is 3. The third kappa shape index (κ3) is 2.86. The van der Waals surface area contributed by atoms with Crippen LogP contribution in [-0.4, -0.2) is 29.3 Å². The smallest absolute Gasteiger partial charge is 0.247 e. The average Bonchev–Trinajstić information content (AvgIpc) is 2.83. The molecular formula is C14H19N3O2. The van der Waals surface area contributed by atoms with Gasteiger partial charge in [-0.25, -0.2) is 0 Å². The van der Waals surface area contributed by atoms with Crippen LogP contribution in [0.5, 0.6) is 0 Å². The predicted molar refractivity (Wildman–Crippen MR) is 74.6 cm³/mol. The summed E-state index contributed by atoms with van der Waals surface area (Å²) in [5.41, 5.74) is 7.99. The minimum Gasteiger partial charge on any atom is -0.399 e. The maximum atomic E-state index is 12.2. The highest BCUT2D eigenvalue weighted by atomic mass is 16.2. The zero-order valence-corrected chi connectivity index (χ0v) is 11.3. The van der Waals surface area contributed by atoms with Gasteiger partial charge in [-0.3, -0.25) is 9.59 Å². The van der Waals surface area contributed by atoms with Gasteiger partial charge in [0.1, 0.15) is 6.04 Å². The summed E-state index contributed by atoms with van der Waals surface area (Å²) in [5, 5.41) is 2.86. The summed E-state index contributed by atoms with van der Waals surface area (Å²) in [6.45, 7) is 4.06. The number of nitrogens with zero attached hydrogens (tertiary/aromatic N) is 1. The van der Waals surface area contributed by atoms with Crippen molar-refractivity contribution in [3.63, 3.8) is 0 Å². The molecule has 1 aliphatic rings. The first kappa shape index (κ1) is 13.4. The van der Waals surface area contributed by atoms with Gasteiger partial charge in [0.05, 0.1) is 0 Å². The number of amides is 2. The lowest BCUT2D eigenvalue weighted by molar-refractivity contribution is -0.134. The molecule has 0 bridgehead atoms. The van der Waals surface area contributed by atoms with E-state index in [4.69, 9.17) is 5.73 Å². The minimum absolute atomic E-state index is 0.0538. The molecule has 0 aliphatic carbocycles. The molecule has 5 nitrogen and oxygen atoms in total. The van der Waals surface area contributed by atoms with E-state index in [1.165, 1.54) is 6.92 Å². The van der Waals surface area contributed by atoms with Crippen LogP contribution in [0.15, 0.2) is 18.2 Å². The molecule has 1 saturated heterocycles. The van der Waals surface area contributed by atoms with Crippen LogP contribution >= 0.6 is 0 Å². The summed E-state index contributed by atoms with van der Waals surface area (Å²) in [6.07, 6.45) is 1.58. The molecule has 0 radical (unpaired) electrons. The molecule has 0 aromatic heterocycles. The molecule has 1 fully saturated rings. The van der Waals surface area contributed by atoms with E-state index < -0.39 is 0 Å². The van der Waals surface area contributed by atoms with Crippen molar-refractivity contribution < 1.29 is 9.59 Å². The van der Waals surface area contributed by atoms with E-state index in [0.29, 0.717) is 24.3 Å². The Morgan fingerprint density at radius 3 is 2.84 bits per heavy atom. The fourth-order valence-corrected chi connectivity index (χ4v) is 2.41. The molecule has 1 heterocycles. The number of aryl methyl sites for hydroxylation is 1. The number of likely N-dealkylation sites (tertiary alicyclic amines) is 1. The van der Waals surface area contributed by atoms with E-state index in [2.05, 4.69) is 5.32 Å². The molecule has 1 aliphatic heterocycles. The topological polar surface area (TPSA) is 75.4 Å². The van der Waals surface area contributed by atoms with Crippen LogP contribution in [0.2, 0.25) is 0 Å². The number of rotatable bonds is 2. The summed E-state index contributed by atoms with van der Waals surface area (Å²) < 4.78 is 0. The Kier molecular flexibility index (Phi) is 3.74. The van der Waals surface area contributed by atoms with Crippen molar-refractivity contribution in [2.45, 2.75) is 32.7 Å². The molecule has 1 aromatic carbocycles. The van der Waals surface area contributed by atoms with Gasteiger partial charge in [-0.2, -0.15) is 0 Å². The molecule has 2 rings (SSSR count). The molecule has 102 valence electrons. The van der Waals surface area contributed by atoms with Crippen molar-refractivity contribution in [2.24, 2.45) is 0 Å². The Morgan fingerprint density at radius 1 is 1.42 bits per heavy atom. The molecule has 5 heteroatoms. The van der Waals surface area contributed by atoms with Gasteiger partial charge in [0, 0.05) is 24.8 Å². The summed E-state index contributed by atoms with van der Waals surface area (Å²) in [5.74, 6) is -0.191. The first-order valence-electron chi connectivity index (χ1n) is 6.43. The second-order valence-electron chi connectivity index (χ2n) is 4.93. The van der Waals surface area contributed by atoms with Crippen molar-refractivity contribution in [1.29, 1.82) is 0 Å². The van der Waals surface area contributed by atoms with Crippen molar-refractivity contribution in [1.82, 2.24) is 4.90 Å². The number of nitrogens with one attached hydrogen (secondary N) is 1. The number of nitrogen functional groups attached to an aromatic ring is 1. The van der Waals surface area contributed by atoms with Crippen molar-refractivity contribution in [3.05, 3.63) is 23.8 Å². The number of carbonyl (C=O) groups is 2. The maximum absolute atomic E-state index is 12.2. The van der Waals surface area contributed by atoms with Crippen LogP contribution in [0.3, 0.4) is 0 Å². The lowest BCUT2D eigenvalue weighted by atomic mass is 10.1. The third-order valence-electron chi connectivity index (χ3n) is 3.48. The van der Waals surface area contributed by atoms with Gasteiger partial charge >= 0.3 is 0 Å². The molecule has 3 N–H and O–H groups in total. The number of carbonyl (C=O) groups excluding carboxylic acids is 2. The predicted octanol–water partition coefficient (Wildman–Crippen LogP) is 1.53. The van der Waals surface area contributed by atoms with Crippen LogP contribution in [0.4, 0.5) is 11.4 Å². The highest BCUT2D eigenvalue weighted by Gasteiger charge is 2.32. The number of hydrogen-bond donors (Lipinski definition) is 2. The van der Waals surface area contributed by atoms with E-state index in [-0.39, 0.29) is 17.9 Å². The second kappa shape index (κ2) is 5.30. The number of benzene rings is 1. The highest BCUT2D eigenvalue weighted by molar-refractivity contribution is 5.98. The fraction of sp³-hybridized carbons (Fsp3) is 0.429. The van der Waals surface area contributed by atoms with E-state index >= 15 is 0 Å². The van der Waals surface area contributed by atoms with Crippen LogP contribution in [0, 0.1) is 6.92 Å². The minimum atomic E-state index is -0.363. The van der Waals surface area contributed by atoms with Crippen molar-refractivity contribution >= 4 is 23.2 Å². The fourth-order valence-electron chi connectivity index (χ4n) is 2.41. The van der Waals surface area contributed by atoms with Gasteiger partial charge in [-0.1, -0.05) is 6.07 Å². The molecule has 1 unspecified atom stereocenters. The summed E-state index contributed by atoms with van der Waals surface area (Å²) in [6, 6.07) is 5.03. The zero-order valence-electron chi connectivity index (χ0n) is 11.3. The van der Waals surface area contributed by atoms with E-state index in [0.717, 1.165) is 12.0 Å². The van der Waals surface area contributed by atoms with Crippen molar-refractivity contribution in [2.75, 3.05) is 17.6 Å². The van der Waals surface area contributed by atoms with Gasteiger partial charge in [0.2, 0.25) is 11.8 Å². The number of anilines is 2. The normalized spacial score (nSPS) is 18.4. The van der Waals surface area contributed by atoms with Gasteiger partial charge in [0.25, 0.3) is 0 Å². The third-order valence-corrected chi connectivity index (χ3v) is 3.48. The lowest BCUT2D eigenvalue weighted by Crippen LogP contribution is -2.42. The van der Waals surface area contributed by atoms with Gasteiger partial charge in [-0.15, -0.1) is 0 Å². The standard InChI is InChI=1S/C14H19N3O2/c1-9-5-6-11(15)8-12(9)16-14(19)13-4-3-7-17(13)10(2)18/h5-6,8,13H,3-4,7,15H2,1-2H3,(H,16,19). The van der Waals surface area contributed by atoms with Crippen molar-refractivity contribution in [3.8, 4) is 0 Å². The summed E-state index contributed by atoms with van der Waals surface area (Å²) >= 11 is 0. The zero-order chi connectivity index (χ0) is 14.0. The monoisotopic (exact) mass is 261 g/mol. The van der Waals surface area contributed by atoms with Gasteiger partial charge in [-0.05, 0) is 37.5 Å². The molecule has 19 heavy (non-hydrogen) atoms. The summed E-state index contributed by atoms with van der Waals surface area (Å²) in [4.78, 5) is 25.3. The molecule has 1 aromatic rings. The first-order chi connectivity index (χ1) is 8.99. The highest BCUT2D eigenvalue weighted by Crippen LogP contribution is 2.22. The van der Waals surface area contributed by atoms with Gasteiger partial charge < -0.3 is 16.0 Å². The Morgan fingerprint density at radius 2 is 2.16 bits per heavy atom. The summed E-state index contributed by atoms with van der Waals surface area (Å²) in [7, 11) is 0. The second-order valence-corrected chi connectivity index (χ2v) is 4.93. The van der Waals surface area contributed by atoms with Crippen LogP contribution < -0.4 is 11.1 Å². The Balaban J connectivity index is 2.12. The molecule has 2 amide bonds. The Hall–Kier alpha value is -2.04. The Bertz CT molecular complexity index is 513. The average molecular weight is 261 g/mol. The molecule has 0 saturated carbocycles. The largest absolute Gasteiger partial charge is 0.399 e. The lowest BCUT2D eigenvalue weighted by Gasteiger charge is -2.22. The Labute approximate surface area is 112 Å². The molecule has 1 atom stereocenters. The molecule has 0 spiro atoms. The SMILES string of the molecule is CC(=O)N1CCCC1C(=O)Nc1cc(N)ccc1C. The quantitative estimate of drug-likeness (QED) is 0.793. The van der Waals surface area contributed by atoms with E-state index in [1.54, 1.807) is 17.0 Å². The molecular weight excluding hydrogens is 242 g/mol. The maximum Gasteiger partial charge on any atom is 0.247 e. The van der Waals surface area contributed by atoms with E-state index in [9.17, 15) is 9.59 Å². The van der Waals surface area contributed by atoms with Crippen LogP contribution in [0.25, 0.3) is 0 Å².